The van der Waals surface area contributed by atoms with Crippen LogP contribution in [0.5, 0.6) is 11.5 Å². The summed E-state index contributed by atoms with van der Waals surface area (Å²) in [4.78, 5) is 65.5. The first kappa shape index (κ1) is 39.0. The number of allylic oxidation sites excluding steroid dienone is 1. The van der Waals surface area contributed by atoms with E-state index < -0.39 is 53.2 Å². The lowest BCUT2D eigenvalue weighted by molar-refractivity contribution is -0.145. The minimum absolute atomic E-state index is 0.0237. The van der Waals surface area contributed by atoms with Gasteiger partial charge in [0.25, 0.3) is 0 Å². The minimum Gasteiger partial charge on any atom is -0.496 e. The van der Waals surface area contributed by atoms with Gasteiger partial charge < -0.3 is 34.9 Å². The van der Waals surface area contributed by atoms with E-state index in [4.69, 9.17) is 24.2 Å². The molecule has 2 aliphatic heterocycles. The number of aromatic nitrogens is 2. The molecule has 290 valence electrons. The summed E-state index contributed by atoms with van der Waals surface area (Å²) in [7, 11) is 1.60. The predicted molar refractivity (Wildman–Crippen MR) is 205 cm³/mol. The normalized spacial score (nSPS) is 24.9. The van der Waals surface area contributed by atoms with Crippen molar-refractivity contribution in [1.29, 1.82) is 0 Å². The molecule has 2 fully saturated rings. The van der Waals surface area contributed by atoms with Gasteiger partial charge in [0.15, 0.2) is 0 Å². The number of alkyl carbamates (subject to hydrolysis) is 1. The van der Waals surface area contributed by atoms with Gasteiger partial charge in [-0.3, -0.25) is 9.59 Å². The van der Waals surface area contributed by atoms with E-state index in [1.807, 2.05) is 42.7 Å². The topological polar surface area (TPSA) is 169 Å². The second kappa shape index (κ2) is 15.6. The number of amides is 3. The Morgan fingerprint density at radius 3 is 2.59 bits per heavy atom. The van der Waals surface area contributed by atoms with Crippen LogP contribution in [0.4, 0.5) is 4.79 Å². The van der Waals surface area contributed by atoms with E-state index in [9.17, 15) is 24.3 Å². The first-order chi connectivity index (χ1) is 25.6. The molecule has 1 saturated carbocycles. The van der Waals surface area contributed by atoms with E-state index in [1.54, 1.807) is 27.9 Å². The van der Waals surface area contributed by atoms with Gasteiger partial charge in [0.1, 0.15) is 51.5 Å². The van der Waals surface area contributed by atoms with Crippen LogP contribution in [0.1, 0.15) is 96.7 Å². The number of carboxylic acids is 1. The Morgan fingerprint density at radius 1 is 1.13 bits per heavy atom. The average molecular weight is 762 g/mol. The number of nitrogens with one attached hydrogen (secondary N) is 2. The molecule has 3 N–H and O–H groups in total. The van der Waals surface area contributed by atoms with Gasteiger partial charge in [0.2, 0.25) is 11.8 Å². The van der Waals surface area contributed by atoms with Crippen molar-refractivity contribution in [2.24, 2.45) is 5.92 Å². The maximum atomic E-state index is 14.5. The molecule has 13 nitrogen and oxygen atoms in total. The first-order valence-electron chi connectivity index (χ1n) is 18.7. The lowest BCUT2D eigenvalue weighted by atomic mass is 10.0. The number of methoxy groups -OCH3 is 1. The summed E-state index contributed by atoms with van der Waals surface area (Å²) in [6, 6.07) is 3.53. The first-order valence-corrected chi connectivity index (χ1v) is 19.6. The van der Waals surface area contributed by atoms with Crippen LogP contribution in [0, 0.1) is 12.8 Å². The molecule has 0 bridgehead atoms. The summed E-state index contributed by atoms with van der Waals surface area (Å²) in [5.41, 5.74) is 0.815. The fourth-order valence-electron chi connectivity index (χ4n) is 7.25. The number of hydrogen-bond donors (Lipinski definition) is 3. The number of ether oxygens (including phenoxy) is 3. The second-order valence-corrected chi connectivity index (χ2v) is 16.7. The molecule has 2 aromatic heterocycles. The molecule has 0 radical (unpaired) electrons. The van der Waals surface area contributed by atoms with Crippen LogP contribution in [-0.2, 0) is 19.1 Å². The van der Waals surface area contributed by atoms with Crippen LogP contribution in [-0.4, -0.2) is 86.8 Å². The van der Waals surface area contributed by atoms with E-state index in [0.29, 0.717) is 35.6 Å². The number of carboxylic acid groups (broad SMARTS) is 1. The zero-order valence-corrected chi connectivity index (χ0v) is 32.9. The van der Waals surface area contributed by atoms with Crippen LogP contribution in [0.25, 0.3) is 21.6 Å². The molecule has 0 spiro atoms. The highest BCUT2D eigenvalue weighted by molar-refractivity contribution is 7.13. The van der Waals surface area contributed by atoms with Gasteiger partial charge in [-0.25, -0.2) is 19.6 Å². The fraction of sp³-hybridized carbons (Fsp3) is 0.550. The zero-order chi connectivity index (χ0) is 38.9. The van der Waals surface area contributed by atoms with Crippen LogP contribution in [0.2, 0.25) is 0 Å². The number of nitrogens with zero attached hydrogens (tertiary/aromatic N) is 3. The number of aryl methyl sites for hydroxylation is 1. The Hall–Kier alpha value is -4.72. The highest BCUT2D eigenvalue weighted by Gasteiger charge is 2.61. The Labute approximate surface area is 319 Å². The molecule has 4 heterocycles. The van der Waals surface area contributed by atoms with Crippen LogP contribution >= 0.6 is 11.3 Å². The summed E-state index contributed by atoms with van der Waals surface area (Å²) >= 11 is 1.49. The SMILES string of the molecule is COc1ccc2c(O[C@@H]3C[C@H]4C(=O)N[C@]5(C(=O)O)C[C@H]5C=CCCCCC[C@H](NC(=O)OC(C)(C)C)C(=O)N4C3)cc(-c3nc(C(C)C)cs3)nc2c1C. The van der Waals surface area contributed by atoms with Gasteiger partial charge >= 0.3 is 12.1 Å². The summed E-state index contributed by atoms with van der Waals surface area (Å²) in [6.45, 7) is 11.3. The molecule has 1 aromatic carbocycles. The molecule has 0 unspecified atom stereocenters. The number of carbonyl (C=O) groups is 4. The van der Waals surface area contributed by atoms with Gasteiger partial charge in [-0.1, -0.05) is 38.8 Å². The molecule has 14 heteroatoms. The largest absolute Gasteiger partial charge is 0.496 e. The van der Waals surface area contributed by atoms with E-state index in [-0.39, 0.29) is 31.2 Å². The van der Waals surface area contributed by atoms with Crippen molar-refractivity contribution in [3.05, 3.63) is 47.0 Å². The third-order valence-electron chi connectivity index (χ3n) is 10.3. The van der Waals surface area contributed by atoms with Crippen molar-refractivity contribution < 1.29 is 38.5 Å². The number of fused-ring (bicyclic) bond motifs is 3. The lowest BCUT2D eigenvalue weighted by Crippen LogP contribution is -2.56. The number of rotatable bonds is 7. The molecule has 1 saturated heterocycles. The number of pyridine rings is 1. The average Bonchev–Trinajstić information content (AvgIpc) is 3.40. The van der Waals surface area contributed by atoms with Crippen molar-refractivity contribution in [2.75, 3.05) is 13.7 Å². The lowest BCUT2D eigenvalue weighted by Gasteiger charge is -2.30. The van der Waals surface area contributed by atoms with Gasteiger partial charge in [-0.05, 0) is 71.4 Å². The Morgan fingerprint density at radius 2 is 1.91 bits per heavy atom. The zero-order valence-electron chi connectivity index (χ0n) is 32.1. The molecular formula is C40H51N5O8S. The van der Waals surface area contributed by atoms with E-state index >= 15 is 0 Å². The Balaban J connectivity index is 1.37. The monoisotopic (exact) mass is 761 g/mol. The van der Waals surface area contributed by atoms with Gasteiger partial charge in [0, 0.05) is 34.7 Å². The van der Waals surface area contributed by atoms with E-state index in [0.717, 1.165) is 40.9 Å². The van der Waals surface area contributed by atoms with Crippen molar-refractivity contribution in [1.82, 2.24) is 25.5 Å². The molecule has 5 atom stereocenters. The third-order valence-corrected chi connectivity index (χ3v) is 11.2. The van der Waals surface area contributed by atoms with Gasteiger partial charge in [-0.2, -0.15) is 0 Å². The molecule has 1 aliphatic carbocycles. The molecule has 54 heavy (non-hydrogen) atoms. The number of carbonyl (C=O) groups excluding carboxylic acids is 3. The molecule has 3 amide bonds. The molecular weight excluding hydrogens is 711 g/mol. The maximum absolute atomic E-state index is 14.5. The Bertz CT molecular complexity index is 1950. The second-order valence-electron chi connectivity index (χ2n) is 15.9. The van der Waals surface area contributed by atoms with Crippen molar-refractivity contribution in [2.45, 2.75) is 122 Å². The fourth-order valence-corrected chi connectivity index (χ4v) is 8.19. The van der Waals surface area contributed by atoms with E-state index in [1.165, 1.54) is 16.2 Å². The van der Waals surface area contributed by atoms with Crippen molar-refractivity contribution in [3.8, 4) is 22.2 Å². The number of benzene rings is 1. The summed E-state index contributed by atoms with van der Waals surface area (Å²) in [6.07, 6.45) is 6.16. The minimum atomic E-state index is -1.45. The summed E-state index contributed by atoms with van der Waals surface area (Å²) < 4.78 is 17.9. The number of hydrogen-bond acceptors (Lipinski definition) is 10. The van der Waals surface area contributed by atoms with Gasteiger partial charge in [0.05, 0.1) is 24.9 Å². The van der Waals surface area contributed by atoms with Crippen LogP contribution < -0.4 is 20.1 Å². The smallest absolute Gasteiger partial charge is 0.408 e. The van der Waals surface area contributed by atoms with E-state index in [2.05, 4.69) is 24.5 Å². The summed E-state index contributed by atoms with van der Waals surface area (Å²) in [5, 5.41) is 19.3. The standard InChI is InChI=1S/C40H51N5O8S/c1-22(2)29-21-54-35(42-29)28-18-32(26-15-16-31(51-7)23(3)33(26)41-28)52-25-17-30-34(46)44-40(37(48)49)19-24(40)13-11-9-8-10-12-14-27(36(47)45(30)20-25)43-38(50)53-39(4,5)6/h11,13,15-16,18,21-22,24-25,27,30H,8-10,12,14,17,19-20H2,1-7H3,(H,43,50)(H,44,46)(H,48,49)/t24-,25-,27+,30+,40-/m1/s1. The quantitative estimate of drug-likeness (QED) is 0.226. The van der Waals surface area contributed by atoms with Crippen LogP contribution in [0.3, 0.4) is 0 Å². The van der Waals surface area contributed by atoms with Crippen molar-refractivity contribution >= 4 is 46.1 Å². The Kier molecular flexibility index (Phi) is 11.2. The highest BCUT2D eigenvalue weighted by Crippen LogP contribution is 2.46. The number of thiazole rings is 1. The van der Waals surface area contributed by atoms with Crippen molar-refractivity contribution in [3.63, 3.8) is 0 Å². The summed E-state index contributed by atoms with van der Waals surface area (Å²) in [5.74, 6) is -1.11. The third kappa shape index (κ3) is 8.33. The van der Waals surface area contributed by atoms with Crippen LogP contribution in [0.15, 0.2) is 35.7 Å². The highest BCUT2D eigenvalue weighted by atomic mass is 32.1. The van der Waals surface area contributed by atoms with Gasteiger partial charge in [-0.15, -0.1) is 11.3 Å². The molecule has 6 rings (SSSR count). The predicted octanol–water partition coefficient (Wildman–Crippen LogP) is 6.52. The molecule has 3 aromatic rings. The number of aliphatic carboxylic acids is 1. The maximum Gasteiger partial charge on any atom is 0.408 e. The molecule has 3 aliphatic rings.